The fraction of sp³-hybridized carbons (Fsp3) is 0.136. The number of carbonyl (C=O) groups is 1. The molecule has 1 aliphatic heterocycles. The van der Waals surface area contributed by atoms with E-state index in [9.17, 15) is 18.7 Å². The summed E-state index contributed by atoms with van der Waals surface area (Å²) >= 11 is -1.13. The lowest BCUT2D eigenvalue weighted by Gasteiger charge is -2.28. The van der Waals surface area contributed by atoms with Crippen molar-refractivity contribution in [3.05, 3.63) is 78.4 Å². The number of para-hydroxylation sites is 1. The molecule has 0 bridgehead atoms. The quantitative estimate of drug-likeness (QED) is 0.375. The second kappa shape index (κ2) is 9.52. The fourth-order valence-corrected chi connectivity index (χ4v) is 4.78. The van der Waals surface area contributed by atoms with Crippen molar-refractivity contribution in [1.29, 1.82) is 0 Å². The summed E-state index contributed by atoms with van der Waals surface area (Å²) in [5, 5.41) is 9.72. The number of anilines is 1. The molecule has 0 aliphatic carbocycles. The molecule has 0 fully saturated rings. The van der Waals surface area contributed by atoms with E-state index in [4.69, 9.17) is 9.47 Å². The number of rotatable bonds is 8. The number of aliphatic carboxylic acids is 1. The number of hydrogen-bond acceptors (Lipinski definition) is 5. The highest BCUT2D eigenvalue weighted by Gasteiger charge is 2.31. The van der Waals surface area contributed by atoms with E-state index >= 15 is 0 Å². The summed E-state index contributed by atoms with van der Waals surface area (Å²) in [6.07, 6.45) is 0. The van der Waals surface area contributed by atoms with Crippen molar-refractivity contribution in [3.8, 4) is 11.5 Å². The van der Waals surface area contributed by atoms with E-state index in [-0.39, 0.29) is 18.9 Å². The van der Waals surface area contributed by atoms with Crippen LogP contribution >= 0.6 is 11.8 Å². The van der Waals surface area contributed by atoms with Crippen molar-refractivity contribution >= 4 is 34.7 Å². The first-order valence-corrected chi connectivity index (χ1v) is 11.2. The Morgan fingerprint density at radius 3 is 2.48 bits per heavy atom. The van der Waals surface area contributed by atoms with E-state index < -0.39 is 23.3 Å². The van der Waals surface area contributed by atoms with Crippen LogP contribution in [-0.2, 0) is 27.4 Å². The largest absolute Gasteiger partial charge is 0.480 e. The zero-order valence-corrected chi connectivity index (χ0v) is 17.8. The van der Waals surface area contributed by atoms with Crippen molar-refractivity contribution in [2.45, 2.75) is 22.4 Å². The molecule has 1 heterocycles. The molecule has 2 unspecified atom stereocenters. The fourth-order valence-electron chi connectivity index (χ4n) is 3.13. The highest BCUT2D eigenvalue weighted by Crippen LogP contribution is 2.48. The molecule has 1 aliphatic rings. The number of carboxylic acid groups (broad SMARTS) is 1. The topological polar surface area (TPSA) is 96.3 Å². The Balaban J connectivity index is 1.55. The molecule has 9 heteroatoms. The average Bonchev–Trinajstić information content (AvgIpc) is 2.77. The van der Waals surface area contributed by atoms with Crippen LogP contribution in [0.15, 0.2) is 82.6 Å². The van der Waals surface area contributed by atoms with Gasteiger partial charge in [0, 0.05) is 0 Å². The summed E-state index contributed by atoms with van der Waals surface area (Å²) < 4.78 is 34.4. The zero-order valence-electron chi connectivity index (χ0n) is 16.2. The van der Waals surface area contributed by atoms with Gasteiger partial charge in [-0.05, 0) is 35.9 Å². The number of carboxylic acids is 1. The van der Waals surface area contributed by atoms with E-state index in [0.29, 0.717) is 5.75 Å². The Morgan fingerprint density at radius 2 is 1.74 bits per heavy atom. The van der Waals surface area contributed by atoms with Crippen LogP contribution in [0, 0.1) is 0 Å². The van der Waals surface area contributed by atoms with Gasteiger partial charge >= 0.3 is 5.97 Å². The first-order valence-electron chi connectivity index (χ1n) is 9.36. The molecule has 160 valence electrons. The normalized spacial score (nSPS) is 14.0. The molecule has 0 radical (unpaired) electrons. The van der Waals surface area contributed by atoms with Crippen molar-refractivity contribution in [1.82, 2.24) is 0 Å². The molecular formula is C22H19NO6S2. The SMILES string of the molecule is O=C(O)C(COCc1ccccc1)N(c1ccc2c(c1)Sc1ccccc1O2)S(=O)O. The van der Waals surface area contributed by atoms with Gasteiger partial charge in [-0.3, -0.25) is 8.86 Å². The van der Waals surface area contributed by atoms with Gasteiger partial charge in [0.25, 0.3) is 11.3 Å². The Kier molecular flexibility index (Phi) is 6.57. The number of hydrogen-bond donors (Lipinski definition) is 2. The summed E-state index contributed by atoms with van der Waals surface area (Å²) in [7, 11) is 0. The lowest BCUT2D eigenvalue weighted by atomic mass is 10.2. The molecule has 0 amide bonds. The molecule has 31 heavy (non-hydrogen) atoms. The summed E-state index contributed by atoms with van der Waals surface area (Å²) in [6, 6.07) is 20.4. The Bertz CT molecular complexity index is 1110. The lowest BCUT2D eigenvalue weighted by molar-refractivity contribution is -0.139. The Labute approximate surface area is 186 Å². The minimum absolute atomic E-state index is 0.196. The minimum Gasteiger partial charge on any atom is -0.480 e. The second-order valence-corrected chi connectivity index (χ2v) is 8.63. The van der Waals surface area contributed by atoms with Gasteiger partial charge < -0.3 is 14.6 Å². The van der Waals surface area contributed by atoms with Gasteiger partial charge in [-0.1, -0.05) is 54.2 Å². The van der Waals surface area contributed by atoms with Crippen LogP contribution in [0.4, 0.5) is 5.69 Å². The maximum absolute atomic E-state index is 12.1. The molecule has 7 nitrogen and oxygen atoms in total. The van der Waals surface area contributed by atoms with Gasteiger partial charge in [-0.15, -0.1) is 0 Å². The molecule has 2 N–H and O–H groups in total. The van der Waals surface area contributed by atoms with Crippen molar-refractivity contribution in [2.24, 2.45) is 0 Å². The summed E-state index contributed by atoms with van der Waals surface area (Å²) in [5.41, 5.74) is 1.16. The van der Waals surface area contributed by atoms with Gasteiger partial charge in [-0.2, -0.15) is 0 Å². The summed E-state index contributed by atoms with van der Waals surface area (Å²) in [4.78, 5) is 13.5. The molecule has 0 saturated heterocycles. The molecule has 3 aromatic rings. The first kappa shape index (κ1) is 21.4. The van der Waals surface area contributed by atoms with Crippen LogP contribution in [0.5, 0.6) is 11.5 Å². The molecule has 2 atom stereocenters. The minimum atomic E-state index is -2.58. The Morgan fingerprint density at radius 1 is 1.03 bits per heavy atom. The second-order valence-electron chi connectivity index (χ2n) is 6.69. The predicted molar refractivity (Wildman–Crippen MR) is 118 cm³/mol. The average molecular weight is 458 g/mol. The molecule has 3 aromatic carbocycles. The van der Waals surface area contributed by atoms with Crippen LogP contribution in [-0.4, -0.2) is 32.5 Å². The third kappa shape index (κ3) is 4.91. The van der Waals surface area contributed by atoms with Gasteiger partial charge in [0.1, 0.15) is 11.5 Å². The number of nitrogens with zero attached hydrogens (tertiary/aromatic N) is 1. The standard InChI is InChI=1S/C22H19NO6S2/c24-22(25)17(14-28-13-15-6-2-1-3-7-15)23(31(26)27)16-10-11-19-21(12-16)30-20-9-5-4-8-18(20)29-19/h1-12,17H,13-14H2,(H,24,25)(H,26,27). The first-order chi connectivity index (χ1) is 15.0. The lowest BCUT2D eigenvalue weighted by Crippen LogP contribution is -2.45. The van der Waals surface area contributed by atoms with Crippen LogP contribution in [0.2, 0.25) is 0 Å². The van der Waals surface area contributed by atoms with Crippen LogP contribution in [0.3, 0.4) is 0 Å². The maximum atomic E-state index is 12.1. The maximum Gasteiger partial charge on any atom is 0.329 e. The van der Waals surface area contributed by atoms with Crippen molar-refractivity contribution < 1.29 is 28.1 Å². The number of benzene rings is 3. The van der Waals surface area contributed by atoms with Crippen LogP contribution < -0.4 is 9.04 Å². The van der Waals surface area contributed by atoms with Crippen molar-refractivity contribution in [2.75, 3.05) is 10.9 Å². The molecular weight excluding hydrogens is 438 g/mol. The predicted octanol–water partition coefficient (Wildman–Crippen LogP) is 4.56. The molecule has 0 aromatic heterocycles. The molecule has 0 spiro atoms. The van der Waals surface area contributed by atoms with E-state index in [1.165, 1.54) is 11.8 Å². The van der Waals surface area contributed by atoms with Gasteiger partial charge in [0.2, 0.25) is 0 Å². The van der Waals surface area contributed by atoms with E-state index in [1.807, 2.05) is 54.6 Å². The van der Waals surface area contributed by atoms with E-state index in [0.717, 1.165) is 25.4 Å². The zero-order chi connectivity index (χ0) is 21.8. The van der Waals surface area contributed by atoms with Crippen LogP contribution in [0.25, 0.3) is 0 Å². The van der Waals surface area contributed by atoms with Crippen molar-refractivity contribution in [3.63, 3.8) is 0 Å². The summed E-state index contributed by atoms with van der Waals surface area (Å²) in [5.74, 6) is 0.0684. The highest BCUT2D eigenvalue weighted by molar-refractivity contribution is 7.99. The summed E-state index contributed by atoms with van der Waals surface area (Å²) in [6.45, 7) is -0.0682. The third-order valence-electron chi connectivity index (χ3n) is 4.59. The van der Waals surface area contributed by atoms with Gasteiger partial charge in [0.15, 0.2) is 6.04 Å². The number of ether oxygens (including phenoxy) is 2. The van der Waals surface area contributed by atoms with Crippen LogP contribution in [0.1, 0.15) is 5.56 Å². The number of fused-ring (bicyclic) bond motifs is 2. The Hall–Kier alpha value is -2.85. The van der Waals surface area contributed by atoms with Gasteiger partial charge in [0.05, 0.1) is 28.7 Å². The third-order valence-corrected chi connectivity index (χ3v) is 6.49. The van der Waals surface area contributed by atoms with E-state index in [2.05, 4.69) is 0 Å². The highest BCUT2D eigenvalue weighted by atomic mass is 32.2. The monoisotopic (exact) mass is 457 g/mol. The van der Waals surface area contributed by atoms with E-state index in [1.54, 1.807) is 18.2 Å². The molecule has 0 saturated carbocycles. The van der Waals surface area contributed by atoms with Gasteiger partial charge in [-0.25, -0.2) is 9.00 Å². The smallest absolute Gasteiger partial charge is 0.329 e. The molecule has 4 rings (SSSR count).